The fourth-order valence-electron chi connectivity index (χ4n) is 1.56. The van der Waals surface area contributed by atoms with Crippen LogP contribution >= 0.6 is 0 Å². The predicted molar refractivity (Wildman–Crippen MR) is 61.5 cm³/mol. The summed E-state index contributed by atoms with van der Waals surface area (Å²) >= 11 is 0. The van der Waals surface area contributed by atoms with Crippen molar-refractivity contribution in [3.63, 3.8) is 0 Å². The van der Waals surface area contributed by atoms with Gasteiger partial charge >= 0.3 is 5.97 Å². The second kappa shape index (κ2) is 4.40. The van der Waals surface area contributed by atoms with Crippen molar-refractivity contribution >= 4 is 5.97 Å². The third kappa shape index (κ3) is 2.06. The fourth-order valence-corrected chi connectivity index (χ4v) is 1.56. The highest BCUT2D eigenvalue weighted by atomic mass is 16.5. The van der Waals surface area contributed by atoms with Gasteiger partial charge < -0.3 is 14.3 Å². The van der Waals surface area contributed by atoms with Gasteiger partial charge in [0.05, 0.1) is 6.61 Å². The van der Waals surface area contributed by atoms with Crippen molar-refractivity contribution in [2.75, 3.05) is 6.61 Å². The van der Waals surface area contributed by atoms with Crippen LogP contribution in [0.2, 0.25) is 0 Å². The molecule has 0 bridgehead atoms. The number of H-pyrrole nitrogens is 1. The zero-order valence-electron chi connectivity index (χ0n) is 10.0. The van der Waals surface area contributed by atoms with Crippen molar-refractivity contribution in [1.29, 1.82) is 0 Å². The molecule has 0 spiro atoms. The van der Waals surface area contributed by atoms with Crippen molar-refractivity contribution in [3.05, 3.63) is 23.8 Å². The van der Waals surface area contributed by atoms with Crippen LogP contribution < -0.4 is 0 Å². The molecule has 0 radical (unpaired) electrons. The molecule has 0 atom stereocenters. The molecule has 0 unspecified atom stereocenters. The number of carbonyl (C=O) groups is 1. The Balaban J connectivity index is 2.37. The topological polar surface area (TPSA) is 72.8 Å². The van der Waals surface area contributed by atoms with Gasteiger partial charge in [-0.25, -0.2) is 14.8 Å². The first-order chi connectivity index (χ1) is 8.13. The molecule has 0 aliphatic heterocycles. The lowest BCUT2D eigenvalue weighted by molar-refractivity contribution is 0.0519. The molecule has 0 saturated carbocycles. The minimum atomic E-state index is -0.415. The molecule has 17 heavy (non-hydrogen) atoms. The highest BCUT2D eigenvalue weighted by Crippen LogP contribution is 2.16. The Morgan fingerprint density at radius 2 is 2.35 bits per heavy atom. The Morgan fingerprint density at radius 3 is 2.94 bits per heavy atom. The number of hydrogen-bond donors (Lipinski definition) is 1. The summed E-state index contributed by atoms with van der Waals surface area (Å²) in [4.78, 5) is 23.0. The smallest absolute Gasteiger partial charge is 0.358 e. The molecular weight excluding hydrogens is 220 g/mol. The zero-order valence-corrected chi connectivity index (χ0v) is 10.0. The lowest BCUT2D eigenvalue weighted by atomic mass is 10.3. The van der Waals surface area contributed by atoms with Gasteiger partial charge in [0.2, 0.25) is 0 Å². The predicted octanol–water partition coefficient (Wildman–Crippen LogP) is 1.30. The van der Waals surface area contributed by atoms with Crippen LogP contribution in [0.1, 0.15) is 23.1 Å². The standard InChI is InChI=1S/C11H14N4O2/c1-4-17-11(16)8-7(2)13-9(14-8)10-12-5-6-15(10)3/h5-6H,4H2,1-3H3,(H,13,14). The van der Waals surface area contributed by atoms with Crippen LogP contribution in [0, 0.1) is 6.92 Å². The summed E-state index contributed by atoms with van der Waals surface area (Å²) in [7, 11) is 1.87. The summed E-state index contributed by atoms with van der Waals surface area (Å²) in [5, 5.41) is 0. The molecule has 0 aromatic carbocycles. The van der Waals surface area contributed by atoms with E-state index in [2.05, 4.69) is 15.0 Å². The number of imidazole rings is 2. The van der Waals surface area contributed by atoms with Gasteiger partial charge in [0.15, 0.2) is 17.3 Å². The first kappa shape index (κ1) is 11.4. The Hall–Kier alpha value is -2.11. The second-order valence-electron chi connectivity index (χ2n) is 3.64. The first-order valence-corrected chi connectivity index (χ1v) is 5.35. The number of ether oxygens (including phenoxy) is 1. The minimum Gasteiger partial charge on any atom is -0.461 e. The average Bonchev–Trinajstić information content (AvgIpc) is 2.84. The van der Waals surface area contributed by atoms with Gasteiger partial charge in [-0.2, -0.15) is 0 Å². The summed E-state index contributed by atoms with van der Waals surface area (Å²) in [6, 6.07) is 0. The zero-order chi connectivity index (χ0) is 12.4. The maximum absolute atomic E-state index is 11.6. The molecule has 90 valence electrons. The number of carbonyl (C=O) groups excluding carboxylic acids is 1. The van der Waals surface area contributed by atoms with Crippen molar-refractivity contribution < 1.29 is 9.53 Å². The van der Waals surface area contributed by atoms with Crippen molar-refractivity contribution in [2.24, 2.45) is 7.05 Å². The molecule has 6 nitrogen and oxygen atoms in total. The number of hydrogen-bond acceptors (Lipinski definition) is 4. The maximum Gasteiger partial charge on any atom is 0.358 e. The van der Waals surface area contributed by atoms with E-state index in [1.807, 2.05) is 17.8 Å². The van der Waals surface area contributed by atoms with Crippen LogP contribution in [0.3, 0.4) is 0 Å². The van der Waals surface area contributed by atoms with Gasteiger partial charge in [-0.05, 0) is 13.8 Å². The molecule has 0 fully saturated rings. The first-order valence-electron chi connectivity index (χ1n) is 5.35. The molecule has 2 aromatic heterocycles. The average molecular weight is 234 g/mol. The van der Waals surface area contributed by atoms with Crippen molar-refractivity contribution in [3.8, 4) is 11.6 Å². The molecule has 2 heterocycles. The lowest BCUT2D eigenvalue weighted by Gasteiger charge is -1.97. The van der Waals surface area contributed by atoms with E-state index in [0.29, 0.717) is 29.6 Å². The second-order valence-corrected chi connectivity index (χ2v) is 3.64. The molecular formula is C11H14N4O2. The molecule has 0 aliphatic rings. The third-order valence-electron chi connectivity index (χ3n) is 2.39. The molecule has 1 N–H and O–H groups in total. The SMILES string of the molecule is CCOC(=O)c1nc(-c2nccn2C)[nH]c1C. The molecule has 6 heteroatoms. The normalized spacial score (nSPS) is 10.5. The number of aromatic nitrogens is 4. The van der Waals surface area contributed by atoms with Crippen LogP contribution in [-0.2, 0) is 11.8 Å². The van der Waals surface area contributed by atoms with E-state index >= 15 is 0 Å². The van der Waals surface area contributed by atoms with E-state index < -0.39 is 5.97 Å². The lowest BCUT2D eigenvalue weighted by Crippen LogP contribution is -2.06. The summed E-state index contributed by atoms with van der Waals surface area (Å²) in [5.74, 6) is 0.836. The van der Waals surface area contributed by atoms with E-state index in [1.165, 1.54) is 0 Å². The monoisotopic (exact) mass is 234 g/mol. The molecule has 2 rings (SSSR count). The Bertz CT molecular complexity index is 541. The van der Waals surface area contributed by atoms with E-state index in [9.17, 15) is 4.79 Å². The van der Waals surface area contributed by atoms with Crippen LogP contribution in [0.15, 0.2) is 12.4 Å². The van der Waals surface area contributed by atoms with Gasteiger partial charge in [-0.1, -0.05) is 0 Å². The highest BCUT2D eigenvalue weighted by molar-refractivity contribution is 5.89. The van der Waals surface area contributed by atoms with E-state index in [1.54, 1.807) is 20.0 Å². The fraction of sp³-hybridized carbons (Fsp3) is 0.364. The van der Waals surface area contributed by atoms with E-state index in [-0.39, 0.29) is 0 Å². The van der Waals surface area contributed by atoms with Gasteiger partial charge in [0, 0.05) is 25.1 Å². The van der Waals surface area contributed by atoms with Gasteiger partial charge in [0.25, 0.3) is 0 Å². The molecule has 0 amide bonds. The molecule has 0 aliphatic carbocycles. The van der Waals surface area contributed by atoms with Crippen LogP contribution in [0.25, 0.3) is 11.6 Å². The van der Waals surface area contributed by atoms with Gasteiger partial charge in [-0.3, -0.25) is 0 Å². The number of aromatic amines is 1. The van der Waals surface area contributed by atoms with Crippen LogP contribution in [-0.4, -0.2) is 32.1 Å². The van der Waals surface area contributed by atoms with Gasteiger partial charge in [0.1, 0.15) is 0 Å². The summed E-state index contributed by atoms with van der Waals surface area (Å²) in [6.45, 7) is 3.88. The largest absolute Gasteiger partial charge is 0.461 e. The number of esters is 1. The summed E-state index contributed by atoms with van der Waals surface area (Å²) in [6.07, 6.45) is 3.49. The number of nitrogens with one attached hydrogen (secondary N) is 1. The minimum absolute atomic E-state index is 0.310. The van der Waals surface area contributed by atoms with Crippen molar-refractivity contribution in [1.82, 2.24) is 19.5 Å². The number of nitrogens with zero attached hydrogens (tertiary/aromatic N) is 3. The Morgan fingerprint density at radius 1 is 1.59 bits per heavy atom. The number of aryl methyl sites for hydroxylation is 2. The molecule has 2 aromatic rings. The van der Waals surface area contributed by atoms with Crippen LogP contribution in [0.5, 0.6) is 0 Å². The van der Waals surface area contributed by atoms with E-state index in [4.69, 9.17) is 4.74 Å². The number of rotatable bonds is 3. The van der Waals surface area contributed by atoms with Crippen LogP contribution in [0.4, 0.5) is 0 Å². The highest BCUT2D eigenvalue weighted by Gasteiger charge is 2.18. The van der Waals surface area contributed by atoms with Crippen molar-refractivity contribution in [2.45, 2.75) is 13.8 Å². The Kier molecular flexibility index (Phi) is 2.95. The summed E-state index contributed by atoms with van der Waals surface area (Å²) in [5.41, 5.74) is 0.992. The maximum atomic E-state index is 11.6. The third-order valence-corrected chi connectivity index (χ3v) is 2.39. The quantitative estimate of drug-likeness (QED) is 0.812. The van der Waals surface area contributed by atoms with Gasteiger partial charge in [-0.15, -0.1) is 0 Å². The molecule has 0 saturated heterocycles. The Labute approximate surface area is 98.7 Å². The summed E-state index contributed by atoms with van der Waals surface area (Å²) < 4.78 is 6.75. The van der Waals surface area contributed by atoms with E-state index in [0.717, 1.165) is 0 Å².